The molecule has 2 aliphatic rings. The van der Waals surface area contributed by atoms with Crippen LogP contribution in [-0.4, -0.2) is 37.4 Å². The third kappa shape index (κ3) is 2.76. The number of nitrogens with zero attached hydrogens (tertiary/aromatic N) is 1. The van der Waals surface area contributed by atoms with Gasteiger partial charge >= 0.3 is 0 Å². The molecule has 0 amide bonds. The summed E-state index contributed by atoms with van der Waals surface area (Å²) in [6.45, 7) is 7.04. The molecular formula is C16H24N2O2. The van der Waals surface area contributed by atoms with Crippen LogP contribution in [0.1, 0.15) is 25.8 Å². The average Bonchev–Trinajstić information content (AvgIpc) is 2.89. The Balaban J connectivity index is 1.59. The van der Waals surface area contributed by atoms with E-state index in [2.05, 4.69) is 43.2 Å². The monoisotopic (exact) mass is 276 g/mol. The first-order chi connectivity index (χ1) is 9.63. The van der Waals surface area contributed by atoms with E-state index in [-0.39, 0.29) is 0 Å². The van der Waals surface area contributed by atoms with Gasteiger partial charge in [0.1, 0.15) is 0 Å². The summed E-state index contributed by atoms with van der Waals surface area (Å²) in [7, 11) is 2.22. The van der Waals surface area contributed by atoms with E-state index in [1.165, 1.54) is 18.5 Å². The highest BCUT2D eigenvalue weighted by Crippen LogP contribution is 2.32. The Kier molecular flexibility index (Phi) is 3.85. The summed E-state index contributed by atoms with van der Waals surface area (Å²) in [5, 5.41) is 3.71. The number of rotatable bonds is 3. The van der Waals surface area contributed by atoms with Crippen LogP contribution in [-0.2, 0) is 6.54 Å². The van der Waals surface area contributed by atoms with Crippen LogP contribution >= 0.6 is 0 Å². The first kappa shape index (κ1) is 13.7. The molecule has 0 spiro atoms. The summed E-state index contributed by atoms with van der Waals surface area (Å²) in [6, 6.07) is 7.44. The normalized spacial score (nSPS) is 29.6. The summed E-state index contributed by atoms with van der Waals surface area (Å²) < 4.78 is 10.8. The zero-order valence-corrected chi connectivity index (χ0v) is 12.6. The molecule has 1 saturated heterocycles. The lowest BCUT2D eigenvalue weighted by molar-refractivity contribution is 0.121. The third-order valence-corrected chi connectivity index (χ3v) is 4.62. The van der Waals surface area contributed by atoms with E-state index >= 15 is 0 Å². The molecule has 0 radical (unpaired) electrons. The van der Waals surface area contributed by atoms with E-state index in [1.807, 2.05) is 6.07 Å². The van der Waals surface area contributed by atoms with Crippen molar-refractivity contribution in [3.63, 3.8) is 0 Å². The van der Waals surface area contributed by atoms with E-state index in [9.17, 15) is 0 Å². The quantitative estimate of drug-likeness (QED) is 0.918. The molecule has 2 heterocycles. The summed E-state index contributed by atoms with van der Waals surface area (Å²) >= 11 is 0. The lowest BCUT2D eigenvalue weighted by Gasteiger charge is -2.40. The molecule has 0 bridgehead atoms. The van der Waals surface area contributed by atoms with E-state index in [4.69, 9.17) is 9.47 Å². The topological polar surface area (TPSA) is 33.7 Å². The zero-order chi connectivity index (χ0) is 14.1. The maximum absolute atomic E-state index is 5.43. The van der Waals surface area contributed by atoms with E-state index in [1.54, 1.807) is 0 Å². The molecule has 0 saturated carbocycles. The van der Waals surface area contributed by atoms with Crippen LogP contribution in [0.4, 0.5) is 0 Å². The molecule has 2 aliphatic heterocycles. The van der Waals surface area contributed by atoms with Gasteiger partial charge in [-0.3, -0.25) is 0 Å². The van der Waals surface area contributed by atoms with Gasteiger partial charge in [0.25, 0.3) is 0 Å². The Morgan fingerprint density at radius 1 is 1.25 bits per heavy atom. The third-order valence-electron chi connectivity index (χ3n) is 4.62. The minimum absolute atomic E-state index is 0.343. The van der Waals surface area contributed by atoms with Gasteiger partial charge in [-0.2, -0.15) is 0 Å². The summed E-state index contributed by atoms with van der Waals surface area (Å²) in [5.41, 5.74) is 1.26. The fraction of sp³-hybridized carbons (Fsp3) is 0.625. The molecule has 1 aromatic carbocycles. The van der Waals surface area contributed by atoms with Crippen molar-refractivity contribution in [3.05, 3.63) is 23.8 Å². The van der Waals surface area contributed by atoms with Crippen molar-refractivity contribution >= 4 is 0 Å². The number of fused-ring (bicyclic) bond motifs is 1. The van der Waals surface area contributed by atoms with Gasteiger partial charge in [-0.1, -0.05) is 13.0 Å². The lowest BCUT2D eigenvalue weighted by atomic mass is 9.89. The van der Waals surface area contributed by atoms with Crippen molar-refractivity contribution in [2.75, 3.05) is 20.4 Å². The number of piperidine rings is 1. The Labute approximate surface area is 121 Å². The Hall–Kier alpha value is -1.26. The standard InChI is InChI=1S/C16H24N2O2/c1-11-9-18(3)12(2)6-14(11)17-8-13-4-5-15-16(7-13)20-10-19-15/h4-5,7,11-12,14,17H,6,8-10H2,1-3H3/t11-,12+,14-/m0/s1. The number of ether oxygens (including phenoxy) is 2. The van der Waals surface area contributed by atoms with Crippen LogP contribution in [0.5, 0.6) is 11.5 Å². The second-order valence-corrected chi connectivity index (χ2v) is 6.18. The lowest BCUT2D eigenvalue weighted by Crippen LogP contribution is -2.50. The van der Waals surface area contributed by atoms with E-state index in [0.717, 1.165) is 18.0 Å². The van der Waals surface area contributed by atoms with Gasteiger partial charge < -0.3 is 19.7 Å². The van der Waals surface area contributed by atoms with Crippen molar-refractivity contribution in [2.45, 2.75) is 38.9 Å². The first-order valence-electron chi connectivity index (χ1n) is 7.45. The van der Waals surface area contributed by atoms with Crippen LogP contribution in [0.3, 0.4) is 0 Å². The fourth-order valence-corrected chi connectivity index (χ4v) is 3.13. The predicted octanol–water partition coefficient (Wildman–Crippen LogP) is 2.23. The van der Waals surface area contributed by atoms with Crippen LogP contribution in [0.15, 0.2) is 18.2 Å². The highest BCUT2D eigenvalue weighted by Gasteiger charge is 2.28. The molecule has 0 aliphatic carbocycles. The molecule has 1 fully saturated rings. The Morgan fingerprint density at radius 3 is 2.90 bits per heavy atom. The molecule has 4 nitrogen and oxygen atoms in total. The number of hydrogen-bond acceptors (Lipinski definition) is 4. The van der Waals surface area contributed by atoms with Gasteiger partial charge in [-0.05, 0) is 44.0 Å². The SMILES string of the molecule is C[C@@H]1C[C@H](NCc2ccc3c(c2)OCO3)[C@@H](C)CN1C. The number of benzene rings is 1. The second-order valence-electron chi connectivity index (χ2n) is 6.18. The molecule has 0 unspecified atom stereocenters. The summed E-state index contributed by atoms with van der Waals surface area (Å²) in [4.78, 5) is 2.45. The van der Waals surface area contributed by atoms with Crippen LogP contribution in [0, 0.1) is 5.92 Å². The summed E-state index contributed by atoms with van der Waals surface area (Å²) in [6.07, 6.45) is 1.21. The van der Waals surface area contributed by atoms with Crippen LogP contribution < -0.4 is 14.8 Å². The van der Waals surface area contributed by atoms with Gasteiger partial charge in [0.15, 0.2) is 11.5 Å². The number of likely N-dealkylation sites (tertiary alicyclic amines) is 1. The molecule has 4 heteroatoms. The Bertz CT molecular complexity index is 478. The molecule has 3 atom stereocenters. The molecule has 0 aromatic heterocycles. The van der Waals surface area contributed by atoms with Crippen LogP contribution in [0.25, 0.3) is 0 Å². The maximum atomic E-state index is 5.43. The second kappa shape index (κ2) is 5.62. The van der Waals surface area contributed by atoms with Gasteiger partial charge in [0, 0.05) is 25.2 Å². The molecule has 1 N–H and O–H groups in total. The maximum Gasteiger partial charge on any atom is 0.231 e. The van der Waals surface area contributed by atoms with Crippen molar-refractivity contribution in [3.8, 4) is 11.5 Å². The molecule has 3 rings (SSSR count). The molecule has 20 heavy (non-hydrogen) atoms. The van der Waals surface area contributed by atoms with E-state index in [0.29, 0.717) is 24.8 Å². The minimum Gasteiger partial charge on any atom is -0.454 e. The smallest absolute Gasteiger partial charge is 0.231 e. The minimum atomic E-state index is 0.343. The molecule has 110 valence electrons. The van der Waals surface area contributed by atoms with Gasteiger partial charge in [0.2, 0.25) is 6.79 Å². The Morgan fingerprint density at radius 2 is 2.05 bits per heavy atom. The largest absolute Gasteiger partial charge is 0.454 e. The summed E-state index contributed by atoms with van der Waals surface area (Å²) in [5.74, 6) is 2.41. The van der Waals surface area contributed by atoms with Crippen molar-refractivity contribution in [1.82, 2.24) is 10.2 Å². The van der Waals surface area contributed by atoms with Gasteiger partial charge in [-0.15, -0.1) is 0 Å². The zero-order valence-electron chi connectivity index (χ0n) is 12.6. The van der Waals surface area contributed by atoms with Gasteiger partial charge in [0.05, 0.1) is 0 Å². The molecule has 1 aromatic rings. The highest BCUT2D eigenvalue weighted by molar-refractivity contribution is 5.44. The first-order valence-corrected chi connectivity index (χ1v) is 7.45. The van der Waals surface area contributed by atoms with Crippen molar-refractivity contribution < 1.29 is 9.47 Å². The van der Waals surface area contributed by atoms with E-state index < -0.39 is 0 Å². The van der Waals surface area contributed by atoms with Crippen molar-refractivity contribution in [2.24, 2.45) is 5.92 Å². The van der Waals surface area contributed by atoms with Gasteiger partial charge in [-0.25, -0.2) is 0 Å². The average molecular weight is 276 g/mol. The van der Waals surface area contributed by atoms with Crippen molar-refractivity contribution in [1.29, 1.82) is 0 Å². The number of nitrogens with one attached hydrogen (secondary N) is 1. The highest BCUT2D eigenvalue weighted by atomic mass is 16.7. The molecular weight excluding hydrogens is 252 g/mol. The fourth-order valence-electron chi connectivity index (χ4n) is 3.13. The van der Waals surface area contributed by atoms with Crippen LogP contribution in [0.2, 0.25) is 0 Å². The number of hydrogen-bond donors (Lipinski definition) is 1. The predicted molar refractivity (Wildman–Crippen MR) is 79.1 cm³/mol.